The monoisotopic (exact) mass is 392 g/mol. The Morgan fingerprint density at radius 1 is 1.36 bits per heavy atom. The van der Waals surface area contributed by atoms with E-state index in [1.54, 1.807) is 4.90 Å². The number of nitrogens with zero attached hydrogens (tertiary/aromatic N) is 1. The first-order chi connectivity index (χ1) is 13.2. The molecule has 2 heterocycles. The number of H-pyrrole nitrogens is 1. The maximum absolute atomic E-state index is 15.6. The molecular formula is C19H22F2N4O3. The second-order valence-corrected chi connectivity index (χ2v) is 7.83. The number of carboxylic acids is 1. The van der Waals surface area contributed by atoms with Gasteiger partial charge in [0.15, 0.2) is 11.6 Å². The molecule has 2 fully saturated rings. The average Bonchev–Trinajstić information content (AvgIpc) is 3.26. The van der Waals surface area contributed by atoms with E-state index in [4.69, 9.17) is 11.5 Å². The molecule has 0 bridgehead atoms. The van der Waals surface area contributed by atoms with E-state index < -0.39 is 34.1 Å². The highest BCUT2D eigenvalue weighted by atomic mass is 19.1. The number of pyridine rings is 1. The van der Waals surface area contributed by atoms with Gasteiger partial charge in [-0.05, 0) is 18.8 Å². The van der Waals surface area contributed by atoms with Gasteiger partial charge in [0.25, 0.3) is 0 Å². The Hall–Kier alpha value is -2.52. The number of hydrogen-bond acceptors (Lipinski definition) is 5. The van der Waals surface area contributed by atoms with Crippen LogP contribution in [0, 0.1) is 17.6 Å². The van der Waals surface area contributed by atoms with Crippen LogP contribution in [-0.4, -0.2) is 35.2 Å². The number of aromatic carboxylic acids is 1. The highest BCUT2D eigenvalue weighted by Crippen LogP contribution is 2.48. The Morgan fingerprint density at radius 2 is 2.04 bits per heavy atom. The second kappa shape index (κ2) is 6.25. The summed E-state index contributed by atoms with van der Waals surface area (Å²) in [5.74, 6) is -3.21. The first-order valence-corrected chi connectivity index (χ1v) is 9.29. The smallest absolute Gasteiger partial charge is 0.341 e. The van der Waals surface area contributed by atoms with Gasteiger partial charge in [0.05, 0.1) is 10.9 Å². The highest BCUT2D eigenvalue weighted by Gasteiger charge is 2.46. The highest BCUT2D eigenvalue weighted by molar-refractivity contribution is 5.95. The summed E-state index contributed by atoms with van der Waals surface area (Å²) in [5, 5.41) is 8.90. The molecule has 2 aromatic rings. The van der Waals surface area contributed by atoms with Crippen molar-refractivity contribution in [3.63, 3.8) is 0 Å². The molecule has 1 aromatic carbocycles. The molecule has 1 aromatic heterocycles. The second-order valence-electron chi connectivity index (χ2n) is 7.83. The minimum atomic E-state index is -1.47. The van der Waals surface area contributed by atoms with Crippen LogP contribution >= 0.6 is 0 Å². The van der Waals surface area contributed by atoms with Gasteiger partial charge in [0, 0.05) is 36.4 Å². The van der Waals surface area contributed by atoms with Crippen LogP contribution in [0.15, 0.2) is 11.0 Å². The number of hydrogen-bond donors (Lipinski definition) is 4. The van der Waals surface area contributed by atoms with Gasteiger partial charge >= 0.3 is 5.97 Å². The normalized spacial score (nSPS) is 23.4. The molecule has 2 unspecified atom stereocenters. The summed E-state index contributed by atoms with van der Waals surface area (Å²) in [4.78, 5) is 28.2. The Bertz CT molecular complexity index is 1050. The minimum Gasteiger partial charge on any atom is -0.477 e. The van der Waals surface area contributed by atoms with Gasteiger partial charge in [-0.1, -0.05) is 13.3 Å². The Kier molecular flexibility index (Phi) is 4.20. The van der Waals surface area contributed by atoms with Crippen molar-refractivity contribution in [2.24, 2.45) is 17.4 Å². The molecule has 2 aliphatic rings. The fourth-order valence-corrected chi connectivity index (χ4v) is 4.18. The van der Waals surface area contributed by atoms with Crippen LogP contribution in [-0.2, 0) is 5.54 Å². The fraction of sp³-hybridized carbons (Fsp3) is 0.474. The lowest BCUT2D eigenvalue weighted by Gasteiger charge is -2.24. The van der Waals surface area contributed by atoms with Crippen molar-refractivity contribution >= 4 is 22.6 Å². The molecule has 0 spiro atoms. The number of fused-ring (bicyclic) bond motifs is 1. The van der Waals surface area contributed by atoms with Crippen molar-refractivity contribution in [2.45, 2.75) is 37.8 Å². The summed E-state index contributed by atoms with van der Waals surface area (Å²) >= 11 is 0. The summed E-state index contributed by atoms with van der Waals surface area (Å²) in [5.41, 5.74) is 9.09. The van der Waals surface area contributed by atoms with Gasteiger partial charge in [0.2, 0.25) is 5.43 Å². The zero-order valence-corrected chi connectivity index (χ0v) is 15.4. The number of carboxylic acid groups (broad SMARTS) is 1. The van der Waals surface area contributed by atoms with Crippen LogP contribution in [0.1, 0.15) is 42.1 Å². The molecule has 1 aliphatic heterocycles. The lowest BCUT2D eigenvalue weighted by Crippen LogP contribution is -2.31. The van der Waals surface area contributed by atoms with Crippen molar-refractivity contribution < 1.29 is 18.7 Å². The van der Waals surface area contributed by atoms with Gasteiger partial charge < -0.3 is 26.5 Å². The molecule has 6 N–H and O–H groups in total. The number of nitrogens with one attached hydrogen (secondary N) is 1. The van der Waals surface area contributed by atoms with E-state index in [1.807, 2.05) is 6.92 Å². The van der Waals surface area contributed by atoms with Gasteiger partial charge in [-0.2, -0.15) is 0 Å². The van der Waals surface area contributed by atoms with Crippen molar-refractivity contribution in [3.8, 4) is 0 Å². The molecular weight excluding hydrogens is 370 g/mol. The average molecular weight is 392 g/mol. The molecule has 28 heavy (non-hydrogen) atoms. The van der Waals surface area contributed by atoms with Crippen LogP contribution in [0.2, 0.25) is 0 Å². The number of anilines is 1. The van der Waals surface area contributed by atoms with E-state index in [0.717, 1.165) is 12.6 Å². The lowest BCUT2D eigenvalue weighted by atomic mass is 9.95. The van der Waals surface area contributed by atoms with Gasteiger partial charge in [0.1, 0.15) is 11.3 Å². The van der Waals surface area contributed by atoms with Gasteiger partial charge in [-0.3, -0.25) is 4.79 Å². The van der Waals surface area contributed by atoms with Crippen LogP contribution in [0.4, 0.5) is 14.5 Å². The molecule has 1 aliphatic carbocycles. The van der Waals surface area contributed by atoms with Gasteiger partial charge in [-0.15, -0.1) is 0 Å². The van der Waals surface area contributed by atoms with E-state index in [2.05, 4.69) is 4.98 Å². The zero-order valence-electron chi connectivity index (χ0n) is 15.4. The Morgan fingerprint density at radius 3 is 2.57 bits per heavy atom. The lowest BCUT2D eigenvalue weighted by molar-refractivity contribution is 0.0695. The SMILES string of the molecule is CCC1CN(c2c(F)c(C3(N)CC3)c3c(=O)c(C(=O)O)c[nH]c3c2F)CC1N. The molecule has 0 radical (unpaired) electrons. The quantitative estimate of drug-likeness (QED) is 0.627. The summed E-state index contributed by atoms with van der Waals surface area (Å²) in [6.45, 7) is 2.65. The number of aromatic amines is 1. The predicted octanol–water partition coefficient (Wildman–Crippen LogP) is 1.63. The van der Waals surface area contributed by atoms with Crippen molar-refractivity contribution in [3.05, 3.63) is 39.2 Å². The maximum Gasteiger partial charge on any atom is 0.341 e. The fourth-order valence-electron chi connectivity index (χ4n) is 4.18. The first kappa shape index (κ1) is 18.8. The standard InChI is InChI=1S/C19H22F2N4O3/c1-2-8-6-25(7-10(8)22)16-13(20)12(19(23)3-4-19)11-15(14(16)21)24-5-9(17(11)26)18(27)28/h5,8,10H,2-4,6-7,22-23H2,1H3,(H,24,26)(H,27,28). The summed E-state index contributed by atoms with van der Waals surface area (Å²) in [6.07, 6.45) is 2.57. The summed E-state index contributed by atoms with van der Waals surface area (Å²) < 4.78 is 31.0. The number of aromatic nitrogens is 1. The van der Waals surface area contributed by atoms with E-state index >= 15 is 8.78 Å². The molecule has 7 nitrogen and oxygen atoms in total. The van der Waals surface area contributed by atoms with Crippen LogP contribution in [0.3, 0.4) is 0 Å². The molecule has 0 amide bonds. The largest absolute Gasteiger partial charge is 0.477 e. The summed E-state index contributed by atoms with van der Waals surface area (Å²) in [6, 6.07) is -0.218. The van der Waals surface area contributed by atoms with Crippen LogP contribution < -0.4 is 21.8 Å². The third-order valence-electron chi connectivity index (χ3n) is 6.04. The minimum absolute atomic E-state index is 0.0964. The molecule has 1 saturated carbocycles. The van der Waals surface area contributed by atoms with Crippen molar-refractivity contribution in [2.75, 3.05) is 18.0 Å². The van der Waals surface area contributed by atoms with E-state index in [-0.39, 0.29) is 40.7 Å². The number of rotatable bonds is 4. The Balaban J connectivity index is 2.03. The number of nitrogens with two attached hydrogens (primary N) is 2. The molecule has 1 saturated heterocycles. The zero-order chi connectivity index (χ0) is 20.4. The van der Waals surface area contributed by atoms with E-state index in [0.29, 0.717) is 19.4 Å². The molecule has 4 rings (SSSR count). The van der Waals surface area contributed by atoms with E-state index in [1.165, 1.54) is 0 Å². The number of carbonyl (C=O) groups is 1. The predicted molar refractivity (Wildman–Crippen MR) is 101 cm³/mol. The third kappa shape index (κ3) is 2.61. The third-order valence-corrected chi connectivity index (χ3v) is 6.04. The topological polar surface area (TPSA) is 125 Å². The number of benzene rings is 1. The first-order valence-electron chi connectivity index (χ1n) is 9.29. The van der Waals surface area contributed by atoms with Crippen LogP contribution in [0.25, 0.3) is 10.9 Å². The van der Waals surface area contributed by atoms with E-state index in [9.17, 15) is 14.7 Å². The summed E-state index contributed by atoms with van der Waals surface area (Å²) in [7, 11) is 0. The van der Waals surface area contributed by atoms with Crippen LogP contribution in [0.5, 0.6) is 0 Å². The van der Waals surface area contributed by atoms with Gasteiger partial charge in [-0.25, -0.2) is 13.6 Å². The number of halogens is 2. The molecule has 2 atom stereocenters. The maximum atomic E-state index is 15.6. The van der Waals surface area contributed by atoms with Crippen molar-refractivity contribution in [1.82, 2.24) is 4.98 Å². The van der Waals surface area contributed by atoms with Crippen molar-refractivity contribution in [1.29, 1.82) is 0 Å². The Labute approximate surface area is 159 Å². The molecule has 9 heteroatoms. The molecule has 150 valence electrons.